The van der Waals surface area contributed by atoms with Crippen LogP contribution in [-0.4, -0.2) is 9.97 Å². The molecule has 0 atom stereocenters. The molecule has 1 heterocycles. The van der Waals surface area contributed by atoms with Gasteiger partial charge in [0.15, 0.2) is 0 Å². The van der Waals surface area contributed by atoms with E-state index in [1.807, 2.05) is 24.4 Å². The monoisotopic (exact) mass is 303 g/mol. The van der Waals surface area contributed by atoms with Crippen LogP contribution in [0.1, 0.15) is 30.1 Å². The Bertz CT molecular complexity index is 535. The zero-order chi connectivity index (χ0) is 12.4. The molecule has 1 aliphatic rings. The highest BCUT2D eigenvalue weighted by atomic mass is 79.9. The van der Waals surface area contributed by atoms with Gasteiger partial charge in [-0.05, 0) is 36.6 Å². The van der Waals surface area contributed by atoms with Crippen molar-refractivity contribution in [1.82, 2.24) is 9.97 Å². The number of nitrogens with one attached hydrogen (secondary N) is 1. The smallest absolute Gasteiger partial charge is 0.133 e. The Kier molecular flexibility index (Phi) is 3.28. The molecule has 1 saturated carbocycles. The molecule has 1 N–H and O–H groups in total. The average molecular weight is 304 g/mol. The Balaban J connectivity index is 1.65. The second-order valence-corrected chi connectivity index (χ2v) is 5.47. The fourth-order valence-corrected chi connectivity index (χ4v) is 2.07. The molecule has 0 aliphatic heterocycles. The fourth-order valence-electron chi connectivity index (χ4n) is 1.81. The van der Waals surface area contributed by atoms with E-state index in [1.165, 1.54) is 18.4 Å². The summed E-state index contributed by atoms with van der Waals surface area (Å²) in [6, 6.07) is 10.2. The van der Waals surface area contributed by atoms with E-state index in [2.05, 4.69) is 43.3 Å². The number of hydrogen-bond donors (Lipinski definition) is 1. The largest absolute Gasteiger partial charge is 0.366 e. The van der Waals surface area contributed by atoms with Crippen LogP contribution < -0.4 is 5.32 Å². The summed E-state index contributed by atoms with van der Waals surface area (Å²) in [7, 11) is 0. The first-order chi connectivity index (χ1) is 8.81. The summed E-state index contributed by atoms with van der Waals surface area (Å²) in [4.78, 5) is 8.85. The number of anilines is 1. The molecule has 92 valence electrons. The summed E-state index contributed by atoms with van der Waals surface area (Å²) >= 11 is 3.43. The van der Waals surface area contributed by atoms with E-state index < -0.39 is 0 Å². The van der Waals surface area contributed by atoms with Crippen LogP contribution in [0, 0.1) is 0 Å². The summed E-state index contributed by atoms with van der Waals surface area (Å²) in [5.74, 6) is 2.49. The minimum absolute atomic E-state index is 0.597. The lowest BCUT2D eigenvalue weighted by Crippen LogP contribution is -2.03. The minimum Gasteiger partial charge on any atom is -0.366 e. The number of benzene rings is 1. The molecule has 1 aliphatic carbocycles. The van der Waals surface area contributed by atoms with Crippen molar-refractivity contribution in [2.45, 2.75) is 25.3 Å². The van der Waals surface area contributed by atoms with Crippen molar-refractivity contribution in [3.05, 3.63) is 52.4 Å². The van der Waals surface area contributed by atoms with Crippen molar-refractivity contribution in [3.63, 3.8) is 0 Å². The lowest BCUT2D eigenvalue weighted by atomic mass is 10.2. The van der Waals surface area contributed by atoms with Crippen molar-refractivity contribution < 1.29 is 0 Å². The Labute approximate surface area is 115 Å². The maximum atomic E-state index is 4.54. The molecule has 0 bridgehead atoms. The lowest BCUT2D eigenvalue weighted by Gasteiger charge is -2.06. The van der Waals surface area contributed by atoms with Gasteiger partial charge in [0.1, 0.15) is 11.6 Å². The van der Waals surface area contributed by atoms with Crippen LogP contribution in [-0.2, 0) is 6.54 Å². The highest BCUT2D eigenvalue weighted by molar-refractivity contribution is 9.10. The first-order valence-electron chi connectivity index (χ1n) is 6.12. The molecule has 2 aromatic rings. The molecule has 0 unspecified atom stereocenters. The van der Waals surface area contributed by atoms with Gasteiger partial charge in [0, 0.05) is 23.1 Å². The number of halogens is 1. The predicted octanol–water partition coefficient (Wildman–Crippen LogP) is 3.73. The van der Waals surface area contributed by atoms with Crippen molar-refractivity contribution in [1.29, 1.82) is 0 Å². The van der Waals surface area contributed by atoms with Gasteiger partial charge >= 0.3 is 0 Å². The van der Waals surface area contributed by atoms with Crippen LogP contribution in [0.4, 0.5) is 5.82 Å². The summed E-state index contributed by atoms with van der Waals surface area (Å²) < 4.78 is 1.10. The molecule has 0 amide bonds. The van der Waals surface area contributed by atoms with Crippen LogP contribution >= 0.6 is 15.9 Å². The third-order valence-corrected chi connectivity index (χ3v) is 3.53. The van der Waals surface area contributed by atoms with Crippen molar-refractivity contribution >= 4 is 21.7 Å². The van der Waals surface area contributed by atoms with E-state index in [0.29, 0.717) is 5.92 Å². The van der Waals surface area contributed by atoms with Crippen molar-refractivity contribution in [3.8, 4) is 0 Å². The Morgan fingerprint density at radius 3 is 2.67 bits per heavy atom. The molecule has 1 aromatic carbocycles. The van der Waals surface area contributed by atoms with E-state index >= 15 is 0 Å². The van der Waals surface area contributed by atoms with Crippen molar-refractivity contribution in [2.75, 3.05) is 5.32 Å². The Morgan fingerprint density at radius 1 is 1.17 bits per heavy atom. The molecule has 0 radical (unpaired) electrons. The summed E-state index contributed by atoms with van der Waals surface area (Å²) in [5, 5.41) is 3.34. The number of hydrogen-bond acceptors (Lipinski definition) is 3. The van der Waals surface area contributed by atoms with E-state index in [-0.39, 0.29) is 0 Å². The van der Waals surface area contributed by atoms with Gasteiger partial charge < -0.3 is 5.32 Å². The molecule has 18 heavy (non-hydrogen) atoms. The molecule has 1 aromatic heterocycles. The molecule has 0 spiro atoms. The lowest BCUT2D eigenvalue weighted by molar-refractivity contribution is 0.921. The Hall–Kier alpha value is -1.42. The second kappa shape index (κ2) is 5.06. The average Bonchev–Trinajstić information content (AvgIpc) is 3.23. The zero-order valence-electron chi connectivity index (χ0n) is 9.94. The number of nitrogens with zero attached hydrogens (tertiary/aromatic N) is 2. The quantitative estimate of drug-likeness (QED) is 0.935. The maximum Gasteiger partial charge on any atom is 0.133 e. The van der Waals surface area contributed by atoms with Gasteiger partial charge in [-0.1, -0.05) is 28.1 Å². The van der Waals surface area contributed by atoms with E-state index in [0.717, 1.165) is 22.7 Å². The van der Waals surface area contributed by atoms with Gasteiger partial charge in [0.25, 0.3) is 0 Å². The van der Waals surface area contributed by atoms with E-state index in [9.17, 15) is 0 Å². The third-order valence-electron chi connectivity index (χ3n) is 3.00. The highest BCUT2D eigenvalue weighted by Crippen LogP contribution is 2.38. The topological polar surface area (TPSA) is 37.8 Å². The minimum atomic E-state index is 0.597. The third kappa shape index (κ3) is 2.88. The number of rotatable bonds is 4. The molecule has 0 saturated heterocycles. The summed E-state index contributed by atoms with van der Waals surface area (Å²) in [5.41, 5.74) is 1.24. The Morgan fingerprint density at radius 2 is 1.94 bits per heavy atom. The van der Waals surface area contributed by atoms with Gasteiger partial charge in [-0.3, -0.25) is 0 Å². The first-order valence-corrected chi connectivity index (χ1v) is 6.92. The van der Waals surface area contributed by atoms with E-state index in [1.54, 1.807) is 0 Å². The zero-order valence-corrected chi connectivity index (χ0v) is 11.5. The SMILES string of the molecule is Brc1ccc(CNc2ccnc(C3CC3)n2)cc1. The predicted molar refractivity (Wildman–Crippen MR) is 75.5 cm³/mol. The molecular weight excluding hydrogens is 290 g/mol. The summed E-state index contributed by atoms with van der Waals surface area (Å²) in [6.45, 7) is 0.786. The first kappa shape index (κ1) is 11.7. The van der Waals surface area contributed by atoms with Crippen LogP contribution in [0.3, 0.4) is 0 Å². The van der Waals surface area contributed by atoms with Crippen LogP contribution in [0.2, 0.25) is 0 Å². The van der Waals surface area contributed by atoms with Gasteiger partial charge in [-0.15, -0.1) is 0 Å². The fraction of sp³-hybridized carbons (Fsp3) is 0.286. The van der Waals surface area contributed by atoms with Gasteiger partial charge in [-0.25, -0.2) is 9.97 Å². The molecule has 1 fully saturated rings. The standard InChI is InChI=1S/C14H14BrN3/c15-12-5-1-10(2-6-12)9-17-13-7-8-16-14(18-13)11-3-4-11/h1-2,5-8,11H,3-4,9H2,(H,16,17,18). The molecular formula is C14H14BrN3. The summed E-state index contributed by atoms with van der Waals surface area (Å²) in [6.07, 6.45) is 4.30. The number of aromatic nitrogens is 2. The molecule has 3 rings (SSSR count). The van der Waals surface area contributed by atoms with Gasteiger partial charge in [0.2, 0.25) is 0 Å². The second-order valence-electron chi connectivity index (χ2n) is 4.55. The van der Waals surface area contributed by atoms with E-state index in [4.69, 9.17) is 0 Å². The van der Waals surface area contributed by atoms with Crippen molar-refractivity contribution in [2.24, 2.45) is 0 Å². The maximum absolute atomic E-state index is 4.54. The van der Waals surface area contributed by atoms with Crippen LogP contribution in [0.5, 0.6) is 0 Å². The van der Waals surface area contributed by atoms with Crippen LogP contribution in [0.15, 0.2) is 41.0 Å². The van der Waals surface area contributed by atoms with Crippen LogP contribution in [0.25, 0.3) is 0 Å². The normalized spacial score (nSPS) is 14.5. The van der Waals surface area contributed by atoms with Gasteiger partial charge in [-0.2, -0.15) is 0 Å². The molecule has 4 heteroatoms. The molecule has 3 nitrogen and oxygen atoms in total. The van der Waals surface area contributed by atoms with Gasteiger partial charge in [0.05, 0.1) is 0 Å². The highest BCUT2D eigenvalue weighted by Gasteiger charge is 2.26.